The van der Waals surface area contributed by atoms with Crippen molar-refractivity contribution in [2.75, 3.05) is 13.1 Å². The highest BCUT2D eigenvalue weighted by molar-refractivity contribution is 6.32. The molecule has 7 heteroatoms. The molecule has 0 bridgehead atoms. The van der Waals surface area contributed by atoms with Crippen LogP contribution in [-0.2, 0) is 4.79 Å². The number of rotatable bonds is 3. The van der Waals surface area contributed by atoms with E-state index in [0.717, 1.165) is 10.9 Å². The number of carbonyl (C=O) groups excluding carboxylic acids is 1. The number of halogens is 1. The summed E-state index contributed by atoms with van der Waals surface area (Å²) in [5.41, 5.74) is 1.29. The lowest BCUT2D eigenvalue weighted by molar-refractivity contribution is -0.148. The number of fused-ring (bicyclic) bond motifs is 1. The molecule has 1 aliphatic rings. The van der Waals surface area contributed by atoms with Crippen molar-refractivity contribution in [3.63, 3.8) is 0 Å². The van der Waals surface area contributed by atoms with E-state index in [2.05, 4.69) is 0 Å². The molecule has 0 aliphatic carbocycles. The first-order valence-corrected chi connectivity index (χ1v) is 8.02. The van der Waals surface area contributed by atoms with Gasteiger partial charge in [0.15, 0.2) is 6.10 Å². The summed E-state index contributed by atoms with van der Waals surface area (Å²) in [5.74, 6) is 0.0514. The number of β-amino-alcohol motifs (C(OH)–C–C–N with tert-alkyl or cyclic N) is 1. The van der Waals surface area contributed by atoms with Crippen LogP contribution in [-0.4, -0.2) is 41.2 Å². The van der Waals surface area contributed by atoms with Gasteiger partial charge < -0.3 is 19.2 Å². The van der Waals surface area contributed by atoms with Crippen LogP contribution < -0.4 is 10.4 Å². The zero-order valence-electron chi connectivity index (χ0n) is 13.6. The Morgan fingerprint density at radius 2 is 2.04 bits per heavy atom. The molecule has 1 amide bonds. The van der Waals surface area contributed by atoms with Gasteiger partial charge in [0.1, 0.15) is 11.3 Å². The molecule has 1 aliphatic heterocycles. The van der Waals surface area contributed by atoms with Crippen LogP contribution in [0.15, 0.2) is 21.3 Å². The topological polar surface area (TPSA) is 80.0 Å². The van der Waals surface area contributed by atoms with Gasteiger partial charge in [-0.2, -0.15) is 0 Å². The van der Waals surface area contributed by atoms with Crippen LogP contribution in [0.25, 0.3) is 11.0 Å². The van der Waals surface area contributed by atoms with E-state index in [1.54, 1.807) is 19.9 Å². The molecule has 128 valence electrons. The third kappa shape index (κ3) is 2.87. The van der Waals surface area contributed by atoms with Crippen molar-refractivity contribution < 1.29 is 19.1 Å². The standard InChI is InChI=1S/C17H18ClNO5/c1-8-9(2)17(22)24-14-5-15(13(18)4-12(8)14)23-10(3)16(21)19-6-11(20)7-19/h4-5,10-11,20H,6-7H2,1-3H3. The summed E-state index contributed by atoms with van der Waals surface area (Å²) in [6.45, 7) is 5.76. The number of carbonyl (C=O) groups is 1. The second-order valence-corrected chi connectivity index (χ2v) is 6.48. The monoisotopic (exact) mass is 351 g/mol. The second-order valence-electron chi connectivity index (χ2n) is 6.08. The van der Waals surface area contributed by atoms with Crippen LogP contribution in [0.4, 0.5) is 0 Å². The highest BCUT2D eigenvalue weighted by Gasteiger charge is 2.32. The van der Waals surface area contributed by atoms with Crippen LogP contribution >= 0.6 is 11.6 Å². The molecular formula is C17H18ClNO5. The van der Waals surface area contributed by atoms with E-state index in [4.69, 9.17) is 20.8 Å². The third-order valence-corrected chi connectivity index (χ3v) is 4.63. The third-order valence-electron chi connectivity index (χ3n) is 4.33. The van der Waals surface area contributed by atoms with Gasteiger partial charge in [0.2, 0.25) is 0 Å². The first-order chi connectivity index (χ1) is 11.3. The summed E-state index contributed by atoms with van der Waals surface area (Å²) in [7, 11) is 0. The smallest absolute Gasteiger partial charge is 0.339 e. The van der Waals surface area contributed by atoms with E-state index in [1.165, 1.54) is 11.0 Å². The van der Waals surface area contributed by atoms with Crippen molar-refractivity contribution in [2.45, 2.75) is 33.0 Å². The largest absolute Gasteiger partial charge is 0.479 e. The summed E-state index contributed by atoms with van der Waals surface area (Å²) in [4.78, 5) is 25.5. The van der Waals surface area contributed by atoms with Crippen LogP contribution in [0.3, 0.4) is 0 Å². The summed E-state index contributed by atoms with van der Waals surface area (Å²) < 4.78 is 10.9. The second kappa shape index (κ2) is 6.11. The van der Waals surface area contributed by atoms with Crippen molar-refractivity contribution in [1.82, 2.24) is 4.90 Å². The normalized spacial score (nSPS) is 16.1. The van der Waals surface area contributed by atoms with Gasteiger partial charge in [-0.15, -0.1) is 0 Å². The number of aryl methyl sites for hydroxylation is 1. The summed E-state index contributed by atoms with van der Waals surface area (Å²) >= 11 is 6.26. The molecule has 1 N–H and O–H groups in total. The molecule has 0 spiro atoms. The molecule has 1 saturated heterocycles. The zero-order chi connectivity index (χ0) is 17.6. The van der Waals surface area contributed by atoms with E-state index in [-0.39, 0.29) is 11.7 Å². The number of hydrogen-bond acceptors (Lipinski definition) is 5. The Morgan fingerprint density at radius 3 is 2.67 bits per heavy atom. The fourth-order valence-electron chi connectivity index (χ4n) is 2.67. The van der Waals surface area contributed by atoms with Gasteiger partial charge >= 0.3 is 5.63 Å². The quantitative estimate of drug-likeness (QED) is 0.856. The lowest BCUT2D eigenvalue weighted by Gasteiger charge is -2.37. The maximum Gasteiger partial charge on any atom is 0.339 e. The molecule has 2 aromatic rings. The van der Waals surface area contributed by atoms with Crippen molar-refractivity contribution in [3.05, 3.63) is 38.7 Å². The molecular weight excluding hydrogens is 334 g/mol. The molecule has 1 fully saturated rings. The van der Waals surface area contributed by atoms with Crippen LogP contribution in [0.1, 0.15) is 18.1 Å². The van der Waals surface area contributed by atoms with E-state index >= 15 is 0 Å². The summed E-state index contributed by atoms with van der Waals surface area (Å²) in [6, 6.07) is 3.20. The molecule has 24 heavy (non-hydrogen) atoms. The summed E-state index contributed by atoms with van der Waals surface area (Å²) in [5, 5.41) is 10.3. The van der Waals surface area contributed by atoms with Gasteiger partial charge in [-0.05, 0) is 32.4 Å². The van der Waals surface area contributed by atoms with Gasteiger partial charge in [0.25, 0.3) is 5.91 Å². The number of likely N-dealkylation sites (tertiary alicyclic amines) is 1. The Hall–Kier alpha value is -2.05. The number of ether oxygens (including phenoxy) is 1. The number of aliphatic hydroxyl groups is 1. The van der Waals surface area contributed by atoms with E-state index in [1.807, 2.05) is 6.92 Å². The molecule has 6 nitrogen and oxygen atoms in total. The minimum Gasteiger partial charge on any atom is -0.479 e. The minimum absolute atomic E-state index is 0.224. The first-order valence-electron chi connectivity index (χ1n) is 7.65. The number of nitrogens with zero attached hydrogens (tertiary/aromatic N) is 1. The lowest BCUT2D eigenvalue weighted by Crippen LogP contribution is -2.56. The molecule has 0 saturated carbocycles. The minimum atomic E-state index is -0.759. The fraction of sp³-hybridized carbons (Fsp3) is 0.412. The Morgan fingerprint density at radius 1 is 1.38 bits per heavy atom. The van der Waals surface area contributed by atoms with Gasteiger partial charge in [-0.3, -0.25) is 4.79 Å². The Kier molecular flexibility index (Phi) is 4.27. The highest BCUT2D eigenvalue weighted by Crippen LogP contribution is 2.32. The van der Waals surface area contributed by atoms with Crippen molar-refractivity contribution >= 4 is 28.5 Å². The number of aliphatic hydroxyl groups excluding tert-OH is 1. The molecule has 1 aromatic heterocycles. The Bertz CT molecular complexity index is 869. The van der Waals surface area contributed by atoms with Crippen LogP contribution in [0.2, 0.25) is 5.02 Å². The molecule has 1 unspecified atom stereocenters. The molecule has 3 rings (SSSR count). The Balaban J connectivity index is 1.89. The average Bonchev–Trinajstić information content (AvgIpc) is 2.51. The summed E-state index contributed by atoms with van der Waals surface area (Å²) in [6.07, 6.45) is -1.23. The lowest BCUT2D eigenvalue weighted by atomic mass is 10.1. The SMILES string of the molecule is Cc1c(C)c2cc(Cl)c(OC(C)C(=O)N3CC(O)C3)cc2oc1=O. The van der Waals surface area contributed by atoms with Crippen molar-refractivity contribution in [2.24, 2.45) is 0 Å². The highest BCUT2D eigenvalue weighted by atomic mass is 35.5. The van der Waals surface area contributed by atoms with E-state index in [9.17, 15) is 14.7 Å². The molecule has 1 aromatic carbocycles. The number of amides is 1. The predicted octanol–water partition coefficient (Wildman–Crippen LogP) is 2.03. The van der Waals surface area contributed by atoms with Gasteiger partial charge in [0, 0.05) is 30.1 Å². The first kappa shape index (κ1) is 16.8. The fourth-order valence-corrected chi connectivity index (χ4v) is 2.88. The van der Waals surface area contributed by atoms with E-state index in [0.29, 0.717) is 29.3 Å². The van der Waals surface area contributed by atoms with E-state index < -0.39 is 17.8 Å². The predicted molar refractivity (Wildman–Crippen MR) is 89.6 cm³/mol. The van der Waals surface area contributed by atoms with Gasteiger partial charge in [-0.25, -0.2) is 4.79 Å². The van der Waals surface area contributed by atoms with Crippen LogP contribution in [0.5, 0.6) is 5.75 Å². The zero-order valence-corrected chi connectivity index (χ0v) is 14.4. The van der Waals surface area contributed by atoms with Crippen LogP contribution in [0, 0.1) is 13.8 Å². The Labute approximate surface area is 143 Å². The number of benzene rings is 1. The van der Waals surface area contributed by atoms with Gasteiger partial charge in [0.05, 0.1) is 11.1 Å². The average molecular weight is 352 g/mol. The molecule has 1 atom stereocenters. The maximum atomic E-state index is 12.2. The molecule has 2 heterocycles. The van der Waals surface area contributed by atoms with Crippen molar-refractivity contribution in [3.8, 4) is 5.75 Å². The van der Waals surface area contributed by atoms with Gasteiger partial charge in [-0.1, -0.05) is 11.6 Å². The number of hydrogen-bond donors (Lipinski definition) is 1. The molecule has 0 radical (unpaired) electrons. The van der Waals surface area contributed by atoms with Crippen molar-refractivity contribution in [1.29, 1.82) is 0 Å². The maximum absolute atomic E-state index is 12.2.